The molecule has 1 unspecified atom stereocenters. The average Bonchev–Trinajstić information content (AvgIpc) is 2.65. The summed E-state index contributed by atoms with van der Waals surface area (Å²) < 4.78 is 11.2. The fraction of sp³-hybridized carbons (Fsp3) is 0.250. The summed E-state index contributed by atoms with van der Waals surface area (Å²) in [5, 5.41) is 4.19. The van der Waals surface area contributed by atoms with Crippen molar-refractivity contribution in [3.05, 3.63) is 70.0 Å². The van der Waals surface area contributed by atoms with Crippen LogP contribution in [0, 0.1) is 0 Å². The molecule has 4 rings (SSSR count). The minimum Gasteiger partial charge on any atom is -0.493 e. The first kappa shape index (κ1) is 15.7. The van der Waals surface area contributed by atoms with Crippen LogP contribution < -0.4 is 20.2 Å². The Labute approximate surface area is 145 Å². The number of fused-ring (bicyclic) bond motifs is 2. The van der Waals surface area contributed by atoms with Crippen molar-refractivity contribution in [2.75, 3.05) is 13.7 Å². The van der Waals surface area contributed by atoms with Gasteiger partial charge in [0.2, 0.25) is 0 Å². The summed E-state index contributed by atoms with van der Waals surface area (Å²) in [4.78, 5) is 15.5. The molecular formula is C20H20N2O3. The van der Waals surface area contributed by atoms with Crippen molar-refractivity contribution in [1.82, 2.24) is 10.3 Å². The van der Waals surface area contributed by atoms with Crippen LogP contribution in [0.25, 0.3) is 10.9 Å². The molecular weight excluding hydrogens is 316 g/mol. The summed E-state index contributed by atoms with van der Waals surface area (Å²) in [7, 11) is 1.65. The van der Waals surface area contributed by atoms with E-state index in [0.717, 1.165) is 34.7 Å². The zero-order valence-electron chi connectivity index (χ0n) is 14.0. The molecule has 5 heteroatoms. The van der Waals surface area contributed by atoms with E-state index in [1.165, 1.54) is 0 Å². The van der Waals surface area contributed by atoms with Crippen LogP contribution in [0.15, 0.2) is 53.3 Å². The molecule has 1 aliphatic rings. The SMILES string of the molecule is COc1cccc2c1OCC(NCc1cc(=O)c3ccccc3[nH]1)C2. The number of nitrogens with one attached hydrogen (secondary N) is 2. The van der Waals surface area contributed by atoms with Gasteiger partial charge in [0.1, 0.15) is 6.61 Å². The molecule has 3 aromatic rings. The van der Waals surface area contributed by atoms with E-state index in [1.807, 2.05) is 36.4 Å². The molecule has 1 aliphatic heterocycles. The third-order valence-corrected chi connectivity index (χ3v) is 4.55. The minimum absolute atomic E-state index is 0.0427. The molecule has 0 spiro atoms. The van der Waals surface area contributed by atoms with Crippen LogP contribution in [0.2, 0.25) is 0 Å². The number of pyridine rings is 1. The predicted octanol–water partition coefficient (Wildman–Crippen LogP) is 2.63. The molecule has 128 valence electrons. The third kappa shape index (κ3) is 3.10. The molecule has 1 aromatic heterocycles. The van der Waals surface area contributed by atoms with E-state index < -0.39 is 0 Å². The van der Waals surface area contributed by atoms with E-state index in [1.54, 1.807) is 13.2 Å². The molecule has 2 aromatic carbocycles. The maximum atomic E-state index is 12.2. The van der Waals surface area contributed by atoms with Crippen LogP contribution in [0.5, 0.6) is 11.5 Å². The van der Waals surface area contributed by atoms with Gasteiger partial charge in [-0.1, -0.05) is 24.3 Å². The quantitative estimate of drug-likeness (QED) is 0.769. The fourth-order valence-corrected chi connectivity index (χ4v) is 3.29. The third-order valence-electron chi connectivity index (χ3n) is 4.55. The number of ether oxygens (including phenoxy) is 2. The van der Waals surface area contributed by atoms with Gasteiger partial charge in [-0.25, -0.2) is 0 Å². The normalized spacial score (nSPS) is 16.3. The van der Waals surface area contributed by atoms with Crippen LogP contribution in [-0.2, 0) is 13.0 Å². The van der Waals surface area contributed by atoms with Crippen molar-refractivity contribution in [2.45, 2.75) is 19.0 Å². The molecule has 0 aliphatic carbocycles. The Balaban J connectivity index is 1.48. The van der Waals surface area contributed by atoms with Crippen LogP contribution in [0.3, 0.4) is 0 Å². The predicted molar refractivity (Wildman–Crippen MR) is 97.4 cm³/mol. The summed E-state index contributed by atoms with van der Waals surface area (Å²) in [6.45, 7) is 1.17. The number of rotatable bonds is 4. The number of hydrogen-bond acceptors (Lipinski definition) is 4. The maximum Gasteiger partial charge on any atom is 0.189 e. The number of hydrogen-bond donors (Lipinski definition) is 2. The van der Waals surface area contributed by atoms with Gasteiger partial charge < -0.3 is 19.8 Å². The van der Waals surface area contributed by atoms with E-state index in [0.29, 0.717) is 18.5 Å². The first-order chi connectivity index (χ1) is 12.2. The second-order valence-electron chi connectivity index (χ2n) is 6.25. The number of H-pyrrole nitrogens is 1. The lowest BCUT2D eigenvalue weighted by molar-refractivity contribution is 0.226. The van der Waals surface area contributed by atoms with Crippen molar-refractivity contribution in [1.29, 1.82) is 0 Å². The zero-order chi connectivity index (χ0) is 17.2. The lowest BCUT2D eigenvalue weighted by Gasteiger charge is -2.27. The maximum absolute atomic E-state index is 12.2. The van der Waals surface area contributed by atoms with Crippen LogP contribution in [0.4, 0.5) is 0 Å². The molecule has 2 heterocycles. The Kier molecular flexibility index (Phi) is 4.15. The standard InChI is InChI=1S/C20H20N2O3/c1-24-19-8-4-5-13-9-15(12-25-20(13)19)21-11-14-10-18(23)16-6-2-3-7-17(16)22-14/h2-8,10,15,21H,9,11-12H2,1H3,(H,22,23). The number of para-hydroxylation sites is 2. The van der Waals surface area contributed by atoms with Crippen molar-refractivity contribution < 1.29 is 9.47 Å². The van der Waals surface area contributed by atoms with Crippen LogP contribution in [-0.4, -0.2) is 24.7 Å². The second kappa shape index (κ2) is 6.61. The van der Waals surface area contributed by atoms with Gasteiger partial charge in [-0.3, -0.25) is 4.79 Å². The largest absolute Gasteiger partial charge is 0.493 e. The van der Waals surface area contributed by atoms with Gasteiger partial charge in [0.25, 0.3) is 0 Å². The number of aromatic nitrogens is 1. The number of methoxy groups -OCH3 is 1. The summed E-state index contributed by atoms with van der Waals surface area (Å²) >= 11 is 0. The molecule has 0 saturated carbocycles. The van der Waals surface area contributed by atoms with E-state index >= 15 is 0 Å². The molecule has 25 heavy (non-hydrogen) atoms. The van der Waals surface area contributed by atoms with Gasteiger partial charge in [-0.05, 0) is 30.2 Å². The monoisotopic (exact) mass is 336 g/mol. The van der Waals surface area contributed by atoms with Crippen molar-refractivity contribution >= 4 is 10.9 Å². The fourth-order valence-electron chi connectivity index (χ4n) is 3.29. The van der Waals surface area contributed by atoms with Gasteiger partial charge in [0, 0.05) is 35.2 Å². The first-order valence-corrected chi connectivity index (χ1v) is 8.37. The molecule has 5 nitrogen and oxygen atoms in total. The summed E-state index contributed by atoms with van der Waals surface area (Å²) in [6.07, 6.45) is 0.865. The topological polar surface area (TPSA) is 63.4 Å². The zero-order valence-corrected chi connectivity index (χ0v) is 14.0. The molecule has 0 amide bonds. The first-order valence-electron chi connectivity index (χ1n) is 8.37. The highest BCUT2D eigenvalue weighted by atomic mass is 16.5. The molecule has 2 N–H and O–H groups in total. The number of aromatic amines is 1. The highest BCUT2D eigenvalue weighted by Crippen LogP contribution is 2.34. The van der Waals surface area contributed by atoms with Crippen LogP contribution in [0.1, 0.15) is 11.3 Å². The van der Waals surface area contributed by atoms with Crippen molar-refractivity contribution in [2.24, 2.45) is 0 Å². The highest BCUT2D eigenvalue weighted by Gasteiger charge is 2.22. The van der Waals surface area contributed by atoms with Crippen LogP contribution >= 0.6 is 0 Å². The van der Waals surface area contributed by atoms with E-state index in [2.05, 4.69) is 16.4 Å². The van der Waals surface area contributed by atoms with Crippen molar-refractivity contribution in [3.63, 3.8) is 0 Å². The lowest BCUT2D eigenvalue weighted by atomic mass is 10.0. The van der Waals surface area contributed by atoms with E-state index in [-0.39, 0.29) is 11.5 Å². The average molecular weight is 336 g/mol. The lowest BCUT2D eigenvalue weighted by Crippen LogP contribution is -2.39. The van der Waals surface area contributed by atoms with E-state index in [9.17, 15) is 4.79 Å². The second-order valence-corrected chi connectivity index (χ2v) is 6.25. The van der Waals surface area contributed by atoms with E-state index in [4.69, 9.17) is 9.47 Å². The Morgan fingerprint density at radius 3 is 3.00 bits per heavy atom. The minimum atomic E-state index is 0.0427. The van der Waals surface area contributed by atoms with Gasteiger partial charge in [0.05, 0.1) is 7.11 Å². The van der Waals surface area contributed by atoms with Crippen molar-refractivity contribution in [3.8, 4) is 11.5 Å². The highest BCUT2D eigenvalue weighted by molar-refractivity contribution is 5.78. The Morgan fingerprint density at radius 2 is 2.12 bits per heavy atom. The molecule has 1 atom stereocenters. The molecule has 0 saturated heterocycles. The summed E-state index contributed by atoms with van der Waals surface area (Å²) in [6, 6.07) is 15.4. The van der Waals surface area contributed by atoms with Gasteiger partial charge in [-0.2, -0.15) is 0 Å². The van der Waals surface area contributed by atoms with Gasteiger partial charge >= 0.3 is 0 Å². The van der Waals surface area contributed by atoms with Gasteiger partial charge in [0.15, 0.2) is 16.9 Å². The van der Waals surface area contributed by atoms with Gasteiger partial charge in [-0.15, -0.1) is 0 Å². The smallest absolute Gasteiger partial charge is 0.189 e. The molecule has 0 radical (unpaired) electrons. The Morgan fingerprint density at radius 1 is 1.24 bits per heavy atom. The Bertz CT molecular complexity index is 965. The summed E-state index contributed by atoms with van der Waals surface area (Å²) in [5.74, 6) is 1.61. The number of benzene rings is 2. The summed E-state index contributed by atoms with van der Waals surface area (Å²) in [5.41, 5.74) is 2.91. The molecule has 0 bridgehead atoms. The molecule has 0 fully saturated rings. The Hall–Kier alpha value is -2.79.